The number of carbonyl (C=O) groups excluding carboxylic acids is 1. The average Bonchev–Trinajstić information content (AvgIpc) is 2.26. The summed E-state index contributed by atoms with van der Waals surface area (Å²) in [5, 5.41) is 0. The second-order valence-electron chi connectivity index (χ2n) is 6.35. The van der Waals surface area contributed by atoms with Crippen molar-refractivity contribution in [2.24, 2.45) is 5.92 Å². The van der Waals surface area contributed by atoms with Gasteiger partial charge >= 0.3 is 0 Å². The van der Waals surface area contributed by atoms with E-state index in [-0.39, 0.29) is 17.1 Å². The van der Waals surface area contributed by atoms with Crippen molar-refractivity contribution in [2.75, 3.05) is 20.6 Å². The molecule has 0 saturated heterocycles. The van der Waals surface area contributed by atoms with Gasteiger partial charge in [0.2, 0.25) is 0 Å². The van der Waals surface area contributed by atoms with Crippen molar-refractivity contribution in [3.8, 4) is 0 Å². The van der Waals surface area contributed by atoms with Gasteiger partial charge in [0, 0.05) is 18.0 Å². The van der Waals surface area contributed by atoms with Crippen LogP contribution < -0.4 is 0 Å². The van der Waals surface area contributed by atoms with Gasteiger partial charge in [-0.1, -0.05) is 52.0 Å². The molecule has 0 fully saturated rings. The highest BCUT2D eigenvalue weighted by molar-refractivity contribution is 5.97. The lowest BCUT2D eigenvalue weighted by Gasteiger charge is -2.20. The summed E-state index contributed by atoms with van der Waals surface area (Å²) in [6.07, 6.45) is 0. The number of rotatable bonds is 4. The van der Waals surface area contributed by atoms with Gasteiger partial charge in [0.1, 0.15) is 0 Å². The van der Waals surface area contributed by atoms with Crippen molar-refractivity contribution in [2.45, 2.75) is 33.1 Å². The van der Waals surface area contributed by atoms with E-state index < -0.39 is 0 Å². The molecule has 0 bridgehead atoms. The van der Waals surface area contributed by atoms with Crippen molar-refractivity contribution in [1.82, 2.24) is 4.90 Å². The zero-order valence-electron chi connectivity index (χ0n) is 12.4. The molecule has 2 nitrogen and oxygen atoms in total. The van der Waals surface area contributed by atoms with Gasteiger partial charge in [-0.3, -0.25) is 4.79 Å². The molecule has 100 valence electrons. The van der Waals surface area contributed by atoms with Gasteiger partial charge in [-0.2, -0.15) is 0 Å². The Morgan fingerprint density at radius 2 is 1.67 bits per heavy atom. The predicted molar refractivity (Wildman–Crippen MR) is 77.2 cm³/mol. The summed E-state index contributed by atoms with van der Waals surface area (Å²) in [7, 11) is 3.99. The first-order valence-electron chi connectivity index (χ1n) is 6.51. The first-order valence-corrected chi connectivity index (χ1v) is 6.51. The molecule has 0 aliphatic carbocycles. The highest BCUT2D eigenvalue weighted by Crippen LogP contribution is 2.22. The maximum absolute atomic E-state index is 12.2. The molecule has 0 aromatic heterocycles. The highest BCUT2D eigenvalue weighted by atomic mass is 16.1. The van der Waals surface area contributed by atoms with Gasteiger partial charge < -0.3 is 4.90 Å². The van der Waals surface area contributed by atoms with Crippen LogP contribution >= 0.6 is 0 Å². The third-order valence-corrected chi connectivity index (χ3v) is 3.12. The van der Waals surface area contributed by atoms with Crippen molar-refractivity contribution in [3.63, 3.8) is 0 Å². The molecular formula is C16H25NO. The maximum Gasteiger partial charge on any atom is 0.166 e. The van der Waals surface area contributed by atoms with Crippen LogP contribution in [0.4, 0.5) is 0 Å². The number of Topliss-reactive ketones (excluding diaryl/α,β-unsaturated/α-hetero) is 1. The minimum atomic E-state index is 0.0421. The minimum Gasteiger partial charge on any atom is -0.309 e. The Balaban J connectivity index is 2.82. The Kier molecular flexibility index (Phi) is 4.69. The molecule has 2 heteroatoms. The monoisotopic (exact) mass is 247 g/mol. The summed E-state index contributed by atoms with van der Waals surface area (Å²) in [5.74, 6) is 0.268. The summed E-state index contributed by atoms with van der Waals surface area (Å²) in [4.78, 5) is 14.3. The van der Waals surface area contributed by atoms with Crippen LogP contribution in [-0.2, 0) is 5.41 Å². The number of nitrogens with zero attached hydrogens (tertiary/aromatic N) is 1. The number of benzene rings is 1. The SMILES string of the molecule is CC(CN(C)C)C(=O)c1ccc(C(C)(C)C)cc1. The quantitative estimate of drug-likeness (QED) is 0.760. The van der Waals surface area contributed by atoms with E-state index in [0.717, 1.165) is 12.1 Å². The molecule has 0 N–H and O–H groups in total. The summed E-state index contributed by atoms with van der Waals surface area (Å²) in [6.45, 7) is 9.31. The Morgan fingerprint density at radius 1 is 1.17 bits per heavy atom. The van der Waals surface area contributed by atoms with Gasteiger partial charge in [-0.15, -0.1) is 0 Å². The van der Waals surface area contributed by atoms with Crippen molar-refractivity contribution in [1.29, 1.82) is 0 Å². The van der Waals surface area contributed by atoms with Crippen LogP contribution in [0.15, 0.2) is 24.3 Å². The summed E-state index contributed by atoms with van der Waals surface area (Å²) in [6, 6.07) is 8.04. The topological polar surface area (TPSA) is 20.3 Å². The van der Waals surface area contributed by atoms with Crippen LogP contribution in [0.5, 0.6) is 0 Å². The summed E-state index contributed by atoms with van der Waals surface area (Å²) < 4.78 is 0. The van der Waals surface area contributed by atoms with E-state index in [9.17, 15) is 4.79 Å². The number of hydrogen-bond donors (Lipinski definition) is 0. The van der Waals surface area contributed by atoms with E-state index >= 15 is 0 Å². The minimum absolute atomic E-state index is 0.0421. The molecule has 1 aromatic carbocycles. The Bertz CT molecular complexity index is 398. The second kappa shape index (κ2) is 5.66. The molecule has 0 spiro atoms. The third kappa shape index (κ3) is 3.95. The van der Waals surface area contributed by atoms with E-state index in [1.807, 2.05) is 38.1 Å². The number of hydrogen-bond acceptors (Lipinski definition) is 2. The third-order valence-electron chi connectivity index (χ3n) is 3.12. The molecule has 18 heavy (non-hydrogen) atoms. The van der Waals surface area contributed by atoms with Gasteiger partial charge in [-0.05, 0) is 25.1 Å². The van der Waals surface area contributed by atoms with Gasteiger partial charge in [0.25, 0.3) is 0 Å². The van der Waals surface area contributed by atoms with Crippen LogP contribution in [0, 0.1) is 5.92 Å². The Labute approximate surface area is 111 Å². The standard InChI is InChI=1S/C16H25NO/c1-12(11-17(5)6)15(18)13-7-9-14(10-8-13)16(2,3)4/h7-10,12H,11H2,1-6H3. The van der Waals surface area contributed by atoms with E-state index in [2.05, 4.69) is 32.9 Å². The van der Waals surface area contributed by atoms with Crippen LogP contribution in [0.1, 0.15) is 43.6 Å². The largest absolute Gasteiger partial charge is 0.309 e. The fourth-order valence-electron chi connectivity index (χ4n) is 2.05. The molecule has 0 radical (unpaired) electrons. The maximum atomic E-state index is 12.2. The second-order valence-corrected chi connectivity index (χ2v) is 6.35. The first-order chi connectivity index (χ1) is 8.21. The molecule has 0 aliphatic rings. The zero-order valence-corrected chi connectivity index (χ0v) is 12.4. The van der Waals surface area contributed by atoms with Crippen LogP contribution in [0.25, 0.3) is 0 Å². The van der Waals surface area contributed by atoms with Crippen LogP contribution in [0.2, 0.25) is 0 Å². The lowest BCUT2D eigenvalue weighted by molar-refractivity contribution is 0.0910. The van der Waals surface area contributed by atoms with Gasteiger partial charge in [0.05, 0.1) is 0 Å². The average molecular weight is 247 g/mol. The fraction of sp³-hybridized carbons (Fsp3) is 0.562. The lowest BCUT2D eigenvalue weighted by Crippen LogP contribution is -2.25. The predicted octanol–water partition coefficient (Wildman–Crippen LogP) is 3.36. The zero-order chi connectivity index (χ0) is 13.9. The Hall–Kier alpha value is -1.15. The molecule has 0 heterocycles. The van der Waals surface area contributed by atoms with Crippen LogP contribution in [-0.4, -0.2) is 31.3 Å². The van der Waals surface area contributed by atoms with E-state index in [1.165, 1.54) is 5.56 Å². The molecule has 1 rings (SSSR count). The smallest absolute Gasteiger partial charge is 0.166 e. The van der Waals surface area contributed by atoms with Crippen molar-refractivity contribution < 1.29 is 4.79 Å². The highest BCUT2D eigenvalue weighted by Gasteiger charge is 2.18. The normalized spacial score (nSPS) is 13.7. The van der Waals surface area contributed by atoms with E-state index in [4.69, 9.17) is 0 Å². The van der Waals surface area contributed by atoms with Gasteiger partial charge in [0.15, 0.2) is 5.78 Å². The lowest BCUT2D eigenvalue weighted by atomic mass is 9.86. The first kappa shape index (κ1) is 14.9. The van der Waals surface area contributed by atoms with Crippen LogP contribution in [0.3, 0.4) is 0 Å². The van der Waals surface area contributed by atoms with Crippen molar-refractivity contribution >= 4 is 5.78 Å². The Morgan fingerprint density at radius 3 is 2.06 bits per heavy atom. The molecule has 0 aliphatic heterocycles. The number of ketones is 1. The number of carbonyl (C=O) groups is 1. The molecular weight excluding hydrogens is 222 g/mol. The molecule has 0 saturated carbocycles. The fourth-order valence-corrected chi connectivity index (χ4v) is 2.05. The van der Waals surface area contributed by atoms with Crippen molar-refractivity contribution in [3.05, 3.63) is 35.4 Å². The van der Waals surface area contributed by atoms with Gasteiger partial charge in [-0.25, -0.2) is 0 Å². The van der Waals surface area contributed by atoms with E-state index in [0.29, 0.717) is 0 Å². The van der Waals surface area contributed by atoms with E-state index in [1.54, 1.807) is 0 Å². The molecule has 1 aromatic rings. The summed E-state index contributed by atoms with van der Waals surface area (Å²) >= 11 is 0. The summed E-state index contributed by atoms with van der Waals surface area (Å²) in [5.41, 5.74) is 2.22. The molecule has 1 atom stereocenters. The molecule has 1 unspecified atom stereocenters. The molecule has 0 amide bonds.